The average molecular weight is 279 g/mol. The van der Waals surface area contributed by atoms with Crippen molar-refractivity contribution in [3.05, 3.63) is 5.73 Å². The molecule has 0 radical (unpaired) electrons. The fourth-order valence-corrected chi connectivity index (χ4v) is 1.34. The topological polar surface area (TPSA) is 75.0 Å². The van der Waals surface area contributed by atoms with Crippen molar-refractivity contribution in [2.45, 2.75) is 46.3 Å². The molecular formula is C11H23ClN4O2. The van der Waals surface area contributed by atoms with E-state index in [1.165, 1.54) is 0 Å². The third kappa shape index (κ3) is 4.70. The zero-order valence-corrected chi connectivity index (χ0v) is 12.4. The quantitative estimate of drug-likeness (QED) is 0.664. The van der Waals surface area contributed by atoms with Gasteiger partial charge in [0.15, 0.2) is 0 Å². The highest BCUT2D eigenvalue weighted by atomic mass is 35.5. The van der Waals surface area contributed by atoms with Gasteiger partial charge in [0.05, 0.1) is 12.7 Å². The lowest BCUT2D eigenvalue weighted by molar-refractivity contribution is -0.801. The Labute approximate surface area is 114 Å². The number of aromatic nitrogens is 2. The first-order valence-electron chi connectivity index (χ1n) is 5.82. The van der Waals surface area contributed by atoms with E-state index >= 15 is 0 Å². The van der Waals surface area contributed by atoms with E-state index in [1.54, 1.807) is 4.68 Å². The van der Waals surface area contributed by atoms with Crippen LogP contribution in [0.1, 0.15) is 34.6 Å². The smallest absolute Gasteiger partial charge is 0.321 e. The van der Waals surface area contributed by atoms with E-state index in [9.17, 15) is 0 Å². The minimum atomic E-state index is -0.218. The molecule has 1 aromatic heterocycles. The van der Waals surface area contributed by atoms with Crippen LogP contribution >= 0.6 is 12.4 Å². The highest BCUT2D eigenvalue weighted by Crippen LogP contribution is 2.21. The van der Waals surface area contributed by atoms with Gasteiger partial charge in [-0.1, -0.05) is 4.68 Å². The van der Waals surface area contributed by atoms with Crippen LogP contribution in [0.2, 0.25) is 0 Å². The maximum absolute atomic E-state index is 7.64. The van der Waals surface area contributed by atoms with Crippen LogP contribution in [0.3, 0.4) is 0 Å². The second kappa shape index (κ2) is 6.80. The first kappa shape index (κ1) is 17.0. The average Bonchev–Trinajstić information content (AvgIpc) is 2.54. The van der Waals surface area contributed by atoms with Crippen molar-refractivity contribution in [1.82, 2.24) is 5.27 Å². The van der Waals surface area contributed by atoms with E-state index in [1.807, 2.05) is 34.6 Å². The summed E-state index contributed by atoms with van der Waals surface area (Å²) in [6.45, 7) is 11.2. The Kier molecular flexibility index (Phi) is 6.42. The molecule has 0 spiro atoms. The summed E-state index contributed by atoms with van der Waals surface area (Å²) in [6.07, 6.45) is 0.212. The maximum atomic E-state index is 7.64. The van der Waals surface area contributed by atoms with Crippen LogP contribution < -0.4 is 10.00 Å². The normalized spacial score (nSPS) is 11.4. The third-order valence-corrected chi connectivity index (χ3v) is 2.12. The molecule has 0 aliphatic heterocycles. The summed E-state index contributed by atoms with van der Waals surface area (Å²) in [5.41, 5.74) is 7.42. The molecule has 0 saturated carbocycles. The molecule has 18 heavy (non-hydrogen) atoms. The van der Waals surface area contributed by atoms with Crippen molar-refractivity contribution >= 4 is 24.1 Å². The van der Waals surface area contributed by atoms with Crippen molar-refractivity contribution in [3.63, 3.8) is 0 Å². The summed E-state index contributed by atoms with van der Waals surface area (Å²) < 4.78 is 12.0. The monoisotopic (exact) mass is 278 g/mol. The zero-order chi connectivity index (χ0) is 13.1. The van der Waals surface area contributed by atoms with Crippen molar-refractivity contribution in [2.24, 2.45) is 0 Å². The third-order valence-electron chi connectivity index (χ3n) is 2.12. The summed E-state index contributed by atoms with van der Waals surface area (Å²) in [5, 5.41) is 6.97. The van der Waals surface area contributed by atoms with Gasteiger partial charge >= 0.3 is 5.82 Å². The largest absolute Gasteiger partial charge is 0.658 e. The summed E-state index contributed by atoms with van der Waals surface area (Å²) in [7, 11) is 0. The molecule has 7 heteroatoms. The molecule has 1 rings (SSSR count). The van der Waals surface area contributed by atoms with Crippen LogP contribution in [0.5, 0.6) is 0 Å². The second-order valence-corrected chi connectivity index (χ2v) is 5.18. The lowest BCUT2D eigenvalue weighted by Gasteiger charge is -2.14. The Morgan fingerprint density at radius 3 is 2.56 bits per heavy atom. The van der Waals surface area contributed by atoms with E-state index < -0.39 is 0 Å². The molecule has 106 valence electrons. The molecular weight excluding hydrogens is 256 g/mol. The SMILES string of the molecule is CC(C)OCCNc1c([NH-])on[n+]1C(C)(C)C.Cl. The predicted molar refractivity (Wildman–Crippen MR) is 72.5 cm³/mol. The second-order valence-electron chi connectivity index (χ2n) is 5.18. The van der Waals surface area contributed by atoms with Gasteiger partial charge in [-0.15, -0.1) is 12.4 Å². The number of nitrogens with zero attached hydrogens (tertiary/aromatic N) is 2. The first-order chi connectivity index (χ1) is 7.82. The lowest BCUT2D eigenvalue weighted by Crippen LogP contribution is -2.53. The number of hydrogen-bond donors (Lipinski definition) is 1. The van der Waals surface area contributed by atoms with Gasteiger partial charge in [-0.05, 0) is 34.6 Å². The summed E-state index contributed by atoms with van der Waals surface area (Å²) in [6, 6.07) is 0. The summed E-state index contributed by atoms with van der Waals surface area (Å²) >= 11 is 0. The molecule has 0 aromatic carbocycles. The van der Waals surface area contributed by atoms with Gasteiger partial charge in [0.1, 0.15) is 23.2 Å². The van der Waals surface area contributed by atoms with Crippen molar-refractivity contribution in [3.8, 4) is 0 Å². The van der Waals surface area contributed by atoms with E-state index in [0.29, 0.717) is 19.0 Å². The van der Waals surface area contributed by atoms with Gasteiger partial charge in [0.25, 0.3) is 0 Å². The Bertz CT molecular complexity index is 360. The molecule has 2 N–H and O–H groups in total. The molecule has 0 aliphatic rings. The number of ether oxygens (including phenoxy) is 1. The molecule has 1 heterocycles. The van der Waals surface area contributed by atoms with Gasteiger partial charge in [0.2, 0.25) is 0 Å². The molecule has 0 amide bonds. The molecule has 0 aliphatic carbocycles. The van der Waals surface area contributed by atoms with Crippen LogP contribution in [-0.2, 0) is 10.3 Å². The highest BCUT2D eigenvalue weighted by Gasteiger charge is 2.27. The van der Waals surface area contributed by atoms with Crippen LogP contribution in [0.25, 0.3) is 5.73 Å². The molecule has 0 saturated heterocycles. The first-order valence-corrected chi connectivity index (χ1v) is 5.82. The molecule has 6 nitrogen and oxygen atoms in total. The lowest BCUT2D eigenvalue weighted by atomic mass is 10.1. The molecule has 0 atom stereocenters. The number of anilines is 1. The van der Waals surface area contributed by atoms with Gasteiger partial charge in [-0.3, -0.25) is 5.32 Å². The number of nitrogens with one attached hydrogen (secondary N) is 2. The predicted octanol–water partition coefficient (Wildman–Crippen LogP) is 2.66. The Morgan fingerprint density at radius 1 is 1.44 bits per heavy atom. The maximum Gasteiger partial charge on any atom is 0.321 e. The van der Waals surface area contributed by atoms with Crippen LogP contribution in [0.4, 0.5) is 11.7 Å². The standard InChI is InChI=1S/C11H21N4O2.ClH/c1-8(2)16-7-6-13-10-9(12)17-14-15(10)11(3,4)5;/h8,12H,6-7H2,1-5H3;1H/q-1;/p+1. The molecule has 0 fully saturated rings. The molecule has 1 aromatic rings. The van der Waals surface area contributed by atoms with Gasteiger partial charge in [-0.25, -0.2) is 0 Å². The van der Waals surface area contributed by atoms with Crippen LogP contribution in [-0.4, -0.2) is 24.5 Å². The van der Waals surface area contributed by atoms with Crippen LogP contribution in [0, 0.1) is 0 Å². The Morgan fingerprint density at radius 2 is 2.06 bits per heavy atom. The minimum absolute atomic E-state index is 0. The fourth-order valence-electron chi connectivity index (χ4n) is 1.34. The van der Waals surface area contributed by atoms with Gasteiger partial charge < -0.3 is 15.0 Å². The van der Waals surface area contributed by atoms with Crippen molar-refractivity contribution in [1.29, 1.82) is 0 Å². The van der Waals surface area contributed by atoms with E-state index in [2.05, 4.69) is 10.6 Å². The van der Waals surface area contributed by atoms with Crippen LogP contribution in [0.15, 0.2) is 4.52 Å². The van der Waals surface area contributed by atoms with Gasteiger partial charge in [-0.2, -0.15) is 0 Å². The van der Waals surface area contributed by atoms with E-state index in [0.717, 1.165) is 0 Å². The highest BCUT2D eigenvalue weighted by molar-refractivity contribution is 5.85. The van der Waals surface area contributed by atoms with E-state index in [4.69, 9.17) is 15.0 Å². The van der Waals surface area contributed by atoms with Crippen molar-refractivity contribution < 1.29 is 13.9 Å². The summed E-state index contributed by atoms with van der Waals surface area (Å²) in [5.74, 6) is 0.634. The summed E-state index contributed by atoms with van der Waals surface area (Å²) in [4.78, 5) is 0. The van der Waals surface area contributed by atoms with Gasteiger partial charge in [0, 0.05) is 0 Å². The fraction of sp³-hybridized carbons (Fsp3) is 0.818. The Hall–Kier alpha value is -1.01. The number of hydrogen-bond acceptors (Lipinski definition) is 4. The minimum Gasteiger partial charge on any atom is -0.658 e. The molecule has 0 bridgehead atoms. The number of rotatable bonds is 5. The number of halogens is 1. The van der Waals surface area contributed by atoms with Crippen molar-refractivity contribution in [2.75, 3.05) is 18.5 Å². The van der Waals surface area contributed by atoms with E-state index in [-0.39, 0.29) is 29.9 Å². The zero-order valence-electron chi connectivity index (χ0n) is 11.6. The Balaban J connectivity index is 0.00000289. The molecule has 0 unspecified atom stereocenters.